The van der Waals surface area contributed by atoms with E-state index < -0.39 is 0 Å². The zero-order chi connectivity index (χ0) is 11.8. The van der Waals surface area contributed by atoms with Crippen molar-refractivity contribution in [1.29, 1.82) is 0 Å². The highest BCUT2D eigenvalue weighted by molar-refractivity contribution is 14.1. The van der Waals surface area contributed by atoms with Gasteiger partial charge in [-0.15, -0.1) is 0 Å². The van der Waals surface area contributed by atoms with E-state index in [1.807, 2.05) is 25.1 Å². The number of ether oxygens (including phenoxy) is 2. The summed E-state index contributed by atoms with van der Waals surface area (Å²) in [6, 6.07) is 6.04. The summed E-state index contributed by atoms with van der Waals surface area (Å²) in [5.41, 5.74) is 0. The number of halogens is 1. The van der Waals surface area contributed by atoms with Gasteiger partial charge in [-0.3, -0.25) is 0 Å². The summed E-state index contributed by atoms with van der Waals surface area (Å²) in [4.78, 5) is 0. The molecule has 1 aromatic carbocycles. The summed E-state index contributed by atoms with van der Waals surface area (Å²) < 4.78 is 12.4. The van der Waals surface area contributed by atoms with Gasteiger partial charge in [0.1, 0.15) is 0 Å². The molecular formula is C13H19IO2. The molecule has 0 bridgehead atoms. The Kier molecular flexibility index (Phi) is 6.61. The number of rotatable bonds is 7. The summed E-state index contributed by atoms with van der Waals surface area (Å²) in [6.45, 7) is 5.62. The van der Waals surface area contributed by atoms with Crippen molar-refractivity contribution in [3.05, 3.63) is 21.8 Å². The van der Waals surface area contributed by atoms with Crippen LogP contribution in [0.3, 0.4) is 0 Å². The molecule has 0 aliphatic carbocycles. The Morgan fingerprint density at radius 1 is 1.06 bits per heavy atom. The topological polar surface area (TPSA) is 18.5 Å². The Bertz CT molecular complexity index is 313. The number of benzene rings is 1. The molecule has 0 N–H and O–H groups in total. The number of hydrogen-bond donors (Lipinski definition) is 0. The second-order valence-corrected chi connectivity index (χ2v) is 4.83. The van der Waals surface area contributed by atoms with Crippen molar-refractivity contribution in [2.24, 2.45) is 0 Å². The lowest BCUT2D eigenvalue weighted by Gasteiger charge is -2.11. The first-order valence-electron chi connectivity index (χ1n) is 5.83. The first-order chi connectivity index (χ1) is 7.77. The zero-order valence-electron chi connectivity index (χ0n) is 9.96. The minimum absolute atomic E-state index is 0.672. The molecule has 0 radical (unpaired) electrons. The Hall–Kier alpha value is -0.450. The third-order valence-corrected chi connectivity index (χ3v) is 2.88. The van der Waals surface area contributed by atoms with Crippen molar-refractivity contribution < 1.29 is 9.47 Å². The second-order valence-electron chi connectivity index (χ2n) is 3.58. The molecule has 0 atom stereocenters. The summed E-state index contributed by atoms with van der Waals surface area (Å²) in [5, 5.41) is 0. The predicted molar refractivity (Wildman–Crippen MR) is 75.3 cm³/mol. The van der Waals surface area contributed by atoms with E-state index in [0.29, 0.717) is 6.61 Å². The lowest BCUT2D eigenvalue weighted by atomic mass is 10.2. The average molecular weight is 334 g/mol. The van der Waals surface area contributed by atoms with Gasteiger partial charge in [0.15, 0.2) is 11.5 Å². The van der Waals surface area contributed by atoms with Crippen LogP contribution in [0.1, 0.15) is 33.1 Å². The van der Waals surface area contributed by atoms with E-state index in [9.17, 15) is 0 Å². The van der Waals surface area contributed by atoms with Crippen LogP contribution < -0.4 is 9.47 Å². The first-order valence-corrected chi connectivity index (χ1v) is 6.91. The van der Waals surface area contributed by atoms with Gasteiger partial charge in [-0.2, -0.15) is 0 Å². The Labute approximate surface area is 111 Å². The smallest absolute Gasteiger partial charge is 0.162 e. The van der Waals surface area contributed by atoms with Gasteiger partial charge in [0.2, 0.25) is 0 Å². The first kappa shape index (κ1) is 13.6. The molecule has 0 fully saturated rings. The number of hydrogen-bond acceptors (Lipinski definition) is 2. The molecule has 0 heterocycles. The Morgan fingerprint density at radius 2 is 1.88 bits per heavy atom. The molecule has 2 nitrogen and oxygen atoms in total. The molecule has 0 aromatic heterocycles. The van der Waals surface area contributed by atoms with Crippen LogP contribution in [-0.2, 0) is 0 Å². The quantitative estimate of drug-likeness (QED) is 0.548. The Morgan fingerprint density at radius 3 is 2.56 bits per heavy atom. The maximum atomic E-state index is 5.72. The molecule has 1 aromatic rings. The average Bonchev–Trinajstić information content (AvgIpc) is 2.27. The van der Waals surface area contributed by atoms with Gasteiger partial charge in [0.05, 0.1) is 13.2 Å². The molecule has 0 amide bonds. The standard InChI is InChI=1S/C13H19IO2/c1-3-5-6-9-16-12-8-7-11(14)10-13(12)15-4-2/h7-8,10H,3-6,9H2,1-2H3. The minimum Gasteiger partial charge on any atom is -0.490 e. The SMILES string of the molecule is CCCCCOc1ccc(I)cc1OCC. The third-order valence-electron chi connectivity index (χ3n) is 2.21. The van der Waals surface area contributed by atoms with E-state index in [4.69, 9.17) is 9.47 Å². The Balaban J connectivity index is 2.56. The molecular weight excluding hydrogens is 315 g/mol. The van der Waals surface area contributed by atoms with Crippen LogP contribution >= 0.6 is 22.6 Å². The van der Waals surface area contributed by atoms with Gasteiger partial charge in [0.25, 0.3) is 0 Å². The summed E-state index contributed by atoms with van der Waals surface area (Å²) in [7, 11) is 0. The molecule has 0 unspecified atom stereocenters. The van der Waals surface area contributed by atoms with E-state index in [2.05, 4.69) is 29.5 Å². The second kappa shape index (κ2) is 7.76. The third kappa shape index (κ3) is 4.60. The fraction of sp³-hybridized carbons (Fsp3) is 0.538. The molecule has 0 aliphatic heterocycles. The summed E-state index contributed by atoms with van der Waals surface area (Å²) in [5.74, 6) is 1.71. The predicted octanol–water partition coefficient (Wildman–Crippen LogP) is 4.26. The molecule has 1 rings (SSSR count). The van der Waals surface area contributed by atoms with E-state index in [1.54, 1.807) is 0 Å². The maximum Gasteiger partial charge on any atom is 0.162 e. The van der Waals surface area contributed by atoms with Crippen LogP contribution in [0.5, 0.6) is 11.5 Å². The van der Waals surface area contributed by atoms with Crippen molar-refractivity contribution in [3.63, 3.8) is 0 Å². The molecule has 0 saturated carbocycles. The van der Waals surface area contributed by atoms with Crippen molar-refractivity contribution in [2.75, 3.05) is 13.2 Å². The van der Waals surface area contributed by atoms with Gasteiger partial charge < -0.3 is 9.47 Å². The summed E-state index contributed by atoms with van der Waals surface area (Å²) in [6.07, 6.45) is 3.54. The highest BCUT2D eigenvalue weighted by Crippen LogP contribution is 2.29. The molecule has 0 saturated heterocycles. The monoisotopic (exact) mass is 334 g/mol. The van der Waals surface area contributed by atoms with Gasteiger partial charge >= 0.3 is 0 Å². The lowest BCUT2D eigenvalue weighted by Crippen LogP contribution is -2.01. The van der Waals surface area contributed by atoms with Crippen LogP contribution in [0.2, 0.25) is 0 Å². The van der Waals surface area contributed by atoms with Crippen molar-refractivity contribution in [2.45, 2.75) is 33.1 Å². The fourth-order valence-electron chi connectivity index (χ4n) is 1.40. The molecule has 0 spiro atoms. The van der Waals surface area contributed by atoms with Crippen LogP contribution in [0.4, 0.5) is 0 Å². The molecule has 16 heavy (non-hydrogen) atoms. The van der Waals surface area contributed by atoms with Crippen molar-refractivity contribution in [3.8, 4) is 11.5 Å². The number of unbranched alkanes of at least 4 members (excludes halogenated alkanes) is 2. The highest BCUT2D eigenvalue weighted by Gasteiger charge is 2.04. The van der Waals surface area contributed by atoms with Crippen molar-refractivity contribution >= 4 is 22.6 Å². The van der Waals surface area contributed by atoms with Crippen molar-refractivity contribution in [1.82, 2.24) is 0 Å². The normalized spacial score (nSPS) is 10.2. The summed E-state index contributed by atoms with van der Waals surface area (Å²) >= 11 is 2.28. The van der Waals surface area contributed by atoms with E-state index >= 15 is 0 Å². The van der Waals surface area contributed by atoms with E-state index in [1.165, 1.54) is 16.4 Å². The van der Waals surface area contributed by atoms with Crippen LogP contribution in [0.25, 0.3) is 0 Å². The fourth-order valence-corrected chi connectivity index (χ4v) is 1.87. The maximum absolute atomic E-state index is 5.72. The lowest BCUT2D eigenvalue weighted by molar-refractivity contribution is 0.271. The van der Waals surface area contributed by atoms with Crippen LogP contribution in [-0.4, -0.2) is 13.2 Å². The highest BCUT2D eigenvalue weighted by atomic mass is 127. The van der Waals surface area contributed by atoms with Gasteiger partial charge in [-0.25, -0.2) is 0 Å². The van der Waals surface area contributed by atoms with E-state index in [0.717, 1.165) is 24.5 Å². The van der Waals surface area contributed by atoms with Crippen LogP contribution in [0.15, 0.2) is 18.2 Å². The van der Waals surface area contributed by atoms with Crippen LogP contribution in [0, 0.1) is 3.57 Å². The largest absolute Gasteiger partial charge is 0.490 e. The molecule has 0 aliphatic rings. The van der Waals surface area contributed by atoms with Gasteiger partial charge in [-0.1, -0.05) is 19.8 Å². The van der Waals surface area contributed by atoms with E-state index in [-0.39, 0.29) is 0 Å². The minimum atomic E-state index is 0.672. The molecule has 90 valence electrons. The molecule has 3 heteroatoms. The van der Waals surface area contributed by atoms with Gasteiger partial charge in [0, 0.05) is 3.57 Å². The zero-order valence-corrected chi connectivity index (χ0v) is 12.1. The van der Waals surface area contributed by atoms with Gasteiger partial charge in [-0.05, 0) is 54.1 Å².